The third-order valence-corrected chi connectivity index (χ3v) is 4.94. The van der Waals surface area contributed by atoms with E-state index in [1.54, 1.807) is 0 Å². The number of ether oxygens (including phenoxy) is 1. The van der Waals surface area contributed by atoms with Crippen LogP contribution in [0.1, 0.15) is 24.5 Å². The summed E-state index contributed by atoms with van der Waals surface area (Å²) in [5.41, 5.74) is 8.18. The highest BCUT2D eigenvalue weighted by molar-refractivity contribution is 9.11. The predicted octanol–water partition coefficient (Wildman–Crippen LogP) is 4.19. The summed E-state index contributed by atoms with van der Waals surface area (Å²) in [5.74, 6) is 0.448. The number of carbonyl (C=O) groups excluding carboxylic acids is 1. The molecule has 25 heavy (non-hydrogen) atoms. The third kappa shape index (κ3) is 6.45. The van der Waals surface area contributed by atoms with Gasteiger partial charge in [0, 0.05) is 12.6 Å². The predicted molar refractivity (Wildman–Crippen MR) is 108 cm³/mol. The minimum atomic E-state index is -0.167. The maximum Gasteiger partial charge on any atom is 0.258 e. The fourth-order valence-electron chi connectivity index (χ4n) is 2.30. The van der Waals surface area contributed by atoms with Crippen molar-refractivity contribution in [3.8, 4) is 5.75 Å². The van der Waals surface area contributed by atoms with Gasteiger partial charge >= 0.3 is 0 Å². The van der Waals surface area contributed by atoms with Gasteiger partial charge in [-0.2, -0.15) is 0 Å². The lowest BCUT2D eigenvalue weighted by molar-refractivity contribution is -0.123. The Hall–Kier alpha value is -1.37. The molecule has 1 atom stereocenters. The average molecular weight is 470 g/mol. The van der Waals surface area contributed by atoms with Gasteiger partial charge in [-0.05, 0) is 68.0 Å². The Morgan fingerprint density at radius 2 is 1.80 bits per heavy atom. The first-order valence-corrected chi connectivity index (χ1v) is 9.75. The van der Waals surface area contributed by atoms with Crippen LogP contribution in [0.4, 0.5) is 0 Å². The normalized spacial score (nSPS) is 11.8. The second-order valence-corrected chi connectivity index (χ2v) is 7.52. The number of carbonyl (C=O) groups is 1. The summed E-state index contributed by atoms with van der Waals surface area (Å²) in [6.07, 6.45) is 1.72. The van der Waals surface area contributed by atoms with Gasteiger partial charge in [0.2, 0.25) is 0 Å². The molecule has 4 nitrogen and oxygen atoms in total. The Balaban J connectivity index is 1.90. The summed E-state index contributed by atoms with van der Waals surface area (Å²) in [5, 5.41) is 2.84. The lowest BCUT2D eigenvalue weighted by atomic mass is 10.0. The smallest absolute Gasteiger partial charge is 0.258 e. The molecule has 1 amide bonds. The number of halogens is 2. The van der Waals surface area contributed by atoms with E-state index in [-0.39, 0.29) is 18.6 Å². The molecule has 0 heterocycles. The highest BCUT2D eigenvalue weighted by atomic mass is 79.9. The second-order valence-electron chi connectivity index (χ2n) is 5.81. The third-order valence-electron chi connectivity index (χ3n) is 3.76. The molecule has 0 aromatic heterocycles. The van der Waals surface area contributed by atoms with E-state index in [0.29, 0.717) is 12.3 Å². The van der Waals surface area contributed by atoms with Crippen molar-refractivity contribution in [1.29, 1.82) is 0 Å². The molecule has 0 saturated heterocycles. The molecule has 0 aliphatic rings. The number of nitrogens with two attached hydrogens (primary N) is 1. The molecule has 0 aliphatic heterocycles. The molecule has 0 saturated carbocycles. The zero-order valence-electron chi connectivity index (χ0n) is 14.1. The highest BCUT2D eigenvalue weighted by Gasteiger charge is 2.12. The molecule has 134 valence electrons. The van der Waals surface area contributed by atoms with Gasteiger partial charge in [0.1, 0.15) is 5.75 Å². The van der Waals surface area contributed by atoms with Crippen molar-refractivity contribution >= 4 is 37.8 Å². The molecule has 2 aromatic carbocycles. The van der Waals surface area contributed by atoms with Crippen molar-refractivity contribution < 1.29 is 9.53 Å². The lowest BCUT2D eigenvalue weighted by Crippen LogP contribution is -2.28. The standard InChI is InChI=1S/C19H22Br2N2O2/c1-2-15(22)8-14-9-16(20)19(17(21)10-14)25-12-18(24)23-11-13-6-4-3-5-7-13/h3-7,9-10,15H,2,8,11-12,22H2,1H3,(H,23,24). The van der Waals surface area contributed by atoms with E-state index in [2.05, 4.69) is 44.1 Å². The minimum absolute atomic E-state index is 0.0438. The van der Waals surface area contributed by atoms with E-state index in [1.165, 1.54) is 0 Å². The van der Waals surface area contributed by atoms with Crippen LogP contribution < -0.4 is 15.8 Å². The van der Waals surface area contributed by atoms with Gasteiger partial charge in [0.15, 0.2) is 6.61 Å². The summed E-state index contributed by atoms with van der Waals surface area (Å²) < 4.78 is 7.27. The quantitative estimate of drug-likeness (QED) is 0.609. The summed E-state index contributed by atoms with van der Waals surface area (Å²) in [6, 6.07) is 13.9. The number of benzene rings is 2. The maximum absolute atomic E-state index is 12.0. The first-order chi connectivity index (χ1) is 12.0. The van der Waals surface area contributed by atoms with Crippen LogP contribution in [0.5, 0.6) is 5.75 Å². The molecular formula is C19H22Br2N2O2. The number of hydrogen-bond acceptors (Lipinski definition) is 3. The minimum Gasteiger partial charge on any atom is -0.481 e. The molecule has 0 fully saturated rings. The second kappa shape index (κ2) is 9.94. The Bertz CT molecular complexity index is 685. The zero-order valence-corrected chi connectivity index (χ0v) is 17.3. The molecular weight excluding hydrogens is 448 g/mol. The van der Waals surface area contributed by atoms with E-state index in [4.69, 9.17) is 10.5 Å². The van der Waals surface area contributed by atoms with Gasteiger partial charge in [0.25, 0.3) is 5.91 Å². The van der Waals surface area contributed by atoms with Gasteiger partial charge in [-0.25, -0.2) is 0 Å². The van der Waals surface area contributed by atoms with Crippen LogP contribution >= 0.6 is 31.9 Å². The average Bonchev–Trinajstić information content (AvgIpc) is 2.60. The SMILES string of the molecule is CCC(N)Cc1cc(Br)c(OCC(=O)NCc2ccccc2)c(Br)c1. The van der Waals surface area contributed by atoms with Crippen LogP contribution in [0.2, 0.25) is 0 Å². The number of hydrogen-bond donors (Lipinski definition) is 2. The Labute approximate surface area is 165 Å². The Morgan fingerprint density at radius 1 is 1.16 bits per heavy atom. The van der Waals surface area contributed by atoms with Crippen LogP contribution in [0.25, 0.3) is 0 Å². The maximum atomic E-state index is 12.0. The molecule has 0 bridgehead atoms. The number of nitrogens with one attached hydrogen (secondary N) is 1. The molecule has 3 N–H and O–H groups in total. The molecule has 1 unspecified atom stereocenters. The first-order valence-electron chi connectivity index (χ1n) is 8.16. The molecule has 0 spiro atoms. The topological polar surface area (TPSA) is 64.3 Å². The summed E-state index contributed by atoms with van der Waals surface area (Å²) in [6.45, 7) is 2.51. The molecule has 0 aliphatic carbocycles. The molecule has 0 radical (unpaired) electrons. The Kier molecular flexibility index (Phi) is 7.93. The van der Waals surface area contributed by atoms with Crippen LogP contribution in [-0.2, 0) is 17.8 Å². The zero-order chi connectivity index (χ0) is 18.2. The summed E-state index contributed by atoms with van der Waals surface area (Å²) >= 11 is 7.02. The Morgan fingerprint density at radius 3 is 2.40 bits per heavy atom. The molecule has 2 rings (SSSR count). The van der Waals surface area contributed by atoms with Crippen molar-refractivity contribution in [2.75, 3.05) is 6.61 Å². The van der Waals surface area contributed by atoms with Gasteiger partial charge in [-0.15, -0.1) is 0 Å². The van der Waals surface area contributed by atoms with Crippen LogP contribution in [-0.4, -0.2) is 18.6 Å². The van der Waals surface area contributed by atoms with E-state index >= 15 is 0 Å². The van der Waals surface area contributed by atoms with Crippen LogP contribution in [0.15, 0.2) is 51.4 Å². The summed E-state index contributed by atoms with van der Waals surface area (Å²) in [7, 11) is 0. The van der Waals surface area contributed by atoms with Crippen molar-refractivity contribution in [2.24, 2.45) is 5.73 Å². The van der Waals surface area contributed by atoms with Crippen LogP contribution in [0, 0.1) is 0 Å². The number of rotatable bonds is 8. The van der Waals surface area contributed by atoms with E-state index in [1.807, 2.05) is 42.5 Å². The van der Waals surface area contributed by atoms with Gasteiger partial charge in [0.05, 0.1) is 8.95 Å². The molecule has 6 heteroatoms. The van der Waals surface area contributed by atoms with Crippen molar-refractivity contribution in [2.45, 2.75) is 32.4 Å². The largest absolute Gasteiger partial charge is 0.481 e. The molecule has 2 aromatic rings. The van der Waals surface area contributed by atoms with Crippen molar-refractivity contribution in [3.63, 3.8) is 0 Å². The fourth-order valence-corrected chi connectivity index (χ4v) is 3.81. The number of amides is 1. The van der Waals surface area contributed by atoms with Crippen molar-refractivity contribution in [3.05, 3.63) is 62.5 Å². The van der Waals surface area contributed by atoms with E-state index in [9.17, 15) is 4.79 Å². The van der Waals surface area contributed by atoms with Crippen molar-refractivity contribution in [1.82, 2.24) is 5.32 Å². The van der Waals surface area contributed by atoms with Gasteiger partial charge in [-0.1, -0.05) is 37.3 Å². The van der Waals surface area contributed by atoms with Crippen LogP contribution in [0.3, 0.4) is 0 Å². The van der Waals surface area contributed by atoms with Gasteiger partial charge in [-0.3, -0.25) is 4.79 Å². The van der Waals surface area contributed by atoms with E-state index in [0.717, 1.165) is 32.9 Å². The first kappa shape index (κ1) is 19.9. The monoisotopic (exact) mass is 468 g/mol. The summed E-state index contributed by atoms with van der Waals surface area (Å²) in [4.78, 5) is 12.0. The fraction of sp³-hybridized carbons (Fsp3) is 0.316. The lowest BCUT2D eigenvalue weighted by Gasteiger charge is -2.14. The van der Waals surface area contributed by atoms with Gasteiger partial charge < -0.3 is 15.8 Å². The van der Waals surface area contributed by atoms with E-state index < -0.39 is 0 Å². The highest BCUT2D eigenvalue weighted by Crippen LogP contribution is 2.35.